The second-order valence-electron chi connectivity index (χ2n) is 4.08. The number of benzene rings is 1. The molecule has 0 aliphatic rings. The molecule has 94 valence electrons. The largest absolute Gasteiger partial charge is 0.488 e. The maximum Gasteiger partial charge on any atom is 0.279 e. The number of fused-ring (bicyclic) bond motifs is 1. The Morgan fingerprint density at radius 2 is 2.22 bits per heavy atom. The van der Waals surface area contributed by atoms with Gasteiger partial charge < -0.3 is 4.74 Å². The van der Waals surface area contributed by atoms with E-state index in [1.807, 2.05) is 13.8 Å². The molecule has 2 aromatic rings. The third kappa shape index (κ3) is 2.25. The predicted octanol–water partition coefficient (Wildman–Crippen LogP) is 3.32. The van der Waals surface area contributed by atoms with E-state index < -0.39 is 4.92 Å². The van der Waals surface area contributed by atoms with Crippen LogP contribution in [0.25, 0.3) is 10.9 Å². The van der Waals surface area contributed by atoms with Crippen LogP contribution in [0.4, 0.5) is 5.69 Å². The first-order chi connectivity index (χ1) is 8.63. The van der Waals surface area contributed by atoms with Crippen LogP contribution in [0.5, 0.6) is 5.75 Å². The van der Waals surface area contributed by atoms with Gasteiger partial charge in [-0.3, -0.25) is 15.1 Å². The maximum absolute atomic E-state index is 10.9. The third-order valence-electron chi connectivity index (χ3n) is 2.81. The van der Waals surface area contributed by atoms with E-state index in [1.54, 1.807) is 24.4 Å². The summed E-state index contributed by atoms with van der Waals surface area (Å²) >= 11 is 0. The summed E-state index contributed by atoms with van der Waals surface area (Å²) in [5.74, 6) is 0.588. The standard InChI is InChI=1S/C13H14N2O3/c1-3-9(2)18-12-7-6-11(15(16)17)10-5-4-8-14-13(10)12/h4-9H,3H2,1-2H3/t9-/m0/s1. The van der Waals surface area contributed by atoms with Gasteiger partial charge in [0.15, 0.2) is 0 Å². The van der Waals surface area contributed by atoms with Gasteiger partial charge in [-0.1, -0.05) is 6.92 Å². The molecule has 0 amide bonds. The normalized spacial score (nSPS) is 12.3. The van der Waals surface area contributed by atoms with E-state index >= 15 is 0 Å². The number of non-ortho nitro benzene ring substituents is 1. The number of hydrogen-bond acceptors (Lipinski definition) is 4. The summed E-state index contributed by atoms with van der Waals surface area (Å²) in [5, 5.41) is 11.4. The molecular weight excluding hydrogens is 232 g/mol. The van der Waals surface area contributed by atoms with Crippen molar-refractivity contribution < 1.29 is 9.66 Å². The highest BCUT2D eigenvalue weighted by Gasteiger charge is 2.16. The topological polar surface area (TPSA) is 65.3 Å². The van der Waals surface area contributed by atoms with Gasteiger partial charge in [0, 0.05) is 12.3 Å². The highest BCUT2D eigenvalue weighted by atomic mass is 16.6. The second kappa shape index (κ2) is 5.00. The number of pyridine rings is 1. The van der Waals surface area contributed by atoms with Gasteiger partial charge in [0.25, 0.3) is 5.69 Å². The molecule has 1 atom stereocenters. The van der Waals surface area contributed by atoms with Crippen molar-refractivity contribution >= 4 is 16.6 Å². The molecule has 5 heteroatoms. The van der Waals surface area contributed by atoms with Gasteiger partial charge in [-0.25, -0.2) is 0 Å². The van der Waals surface area contributed by atoms with Crippen LogP contribution in [0.1, 0.15) is 20.3 Å². The smallest absolute Gasteiger partial charge is 0.279 e. The Morgan fingerprint density at radius 3 is 2.89 bits per heavy atom. The Labute approximate surface area is 105 Å². The van der Waals surface area contributed by atoms with Gasteiger partial charge in [0.05, 0.1) is 16.4 Å². The molecule has 0 saturated heterocycles. The zero-order chi connectivity index (χ0) is 13.1. The number of nitro benzene ring substituents is 1. The Bertz CT molecular complexity index is 583. The summed E-state index contributed by atoms with van der Waals surface area (Å²) in [6.07, 6.45) is 2.53. The molecule has 1 aromatic carbocycles. The van der Waals surface area contributed by atoms with Crippen LogP contribution in [0.2, 0.25) is 0 Å². The zero-order valence-electron chi connectivity index (χ0n) is 10.3. The summed E-state index contributed by atoms with van der Waals surface area (Å²) in [4.78, 5) is 14.7. The van der Waals surface area contributed by atoms with Crippen molar-refractivity contribution in [2.75, 3.05) is 0 Å². The third-order valence-corrected chi connectivity index (χ3v) is 2.81. The van der Waals surface area contributed by atoms with Crippen LogP contribution in [0.3, 0.4) is 0 Å². The first-order valence-electron chi connectivity index (χ1n) is 5.82. The van der Waals surface area contributed by atoms with Crippen molar-refractivity contribution in [2.24, 2.45) is 0 Å². The van der Waals surface area contributed by atoms with Gasteiger partial charge in [-0.05, 0) is 31.5 Å². The lowest BCUT2D eigenvalue weighted by Crippen LogP contribution is -2.10. The minimum atomic E-state index is -0.406. The highest BCUT2D eigenvalue weighted by molar-refractivity contribution is 5.92. The molecule has 0 fully saturated rings. The van der Waals surface area contributed by atoms with Crippen LogP contribution >= 0.6 is 0 Å². The van der Waals surface area contributed by atoms with E-state index in [-0.39, 0.29) is 11.8 Å². The van der Waals surface area contributed by atoms with Crippen molar-refractivity contribution in [3.05, 3.63) is 40.6 Å². The Balaban J connectivity index is 2.57. The number of nitrogens with zero attached hydrogens (tertiary/aromatic N) is 2. The minimum absolute atomic E-state index is 0.0506. The van der Waals surface area contributed by atoms with E-state index in [9.17, 15) is 10.1 Å². The van der Waals surface area contributed by atoms with Crippen LogP contribution < -0.4 is 4.74 Å². The molecule has 1 aromatic heterocycles. The van der Waals surface area contributed by atoms with Crippen LogP contribution in [0.15, 0.2) is 30.5 Å². The van der Waals surface area contributed by atoms with Crippen molar-refractivity contribution in [1.82, 2.24) is 4.98 Å². The highest BCUT2D eigenvalue weighted by Crippen LogP contribution is 2.31. The summed E-state index contributed by atoms with van der Waals surface area (Å²) in [6, 6.07) is 6.44. The predicted molar refractivity (Wildman–Crippen MR) is 68.8 cm³/mol. The molecule has 0 bridgehead atoms. The summed E-state index contributed by atoms with van der Waals surface area (Å²) < 4.78 is 5.73. The summed E-state index contributed by atoms with van der Waals surface area (Å²) in [7, 11) is 0. The Kier molecular flexibility index (Phi) is 3.41. The molecule has 0 saturated carbocycles. The van der Waals surface area contributed by atoms with E-state index in [1.165, 1.54) is 6.07 Å². The lowest BCUT2D eigenvalue weighted by molar-refractivity contribution is -0.383. The molecule has 5 nitrogen and oxygen atoms in total. The van der Waals surface area contributed by atoms with E-state index in [4.69, 9.17) is 4.74 Å². The van der Waals surface area contributed by atoms with Gasteiger partial charge in [0.1, 0.15) is 11.3 Å². The first-order valence-corrected chi connectivity index (χ1v) is 5.82. The molecule has 0 N–H and O–H groups in total. The minimum Gasteiger partial charge on any atom is -0.488 e. The Morgan fingerprint density at radius 1 is 1.44 bits per heavy atom. The fourth-order valence-corrected chi connectivity index (χ4v) is 1.69. The lowest BCUT2D eigenvalue weighted by Gasteiger charge is -2.13. The molecule has 0 unspecified atom stereocenters. The van der Waals surface area contributed by atoms with E-state index in [2.05, 4.69) is 4.98 Å². The van der Waals surface area contributed by atoms with Gasteiger partial charge in [-0.2, -0.15) is 0 Å². The van der Waals surface area contributed by atoms with E-state index in [0.717, 1.165) is 6.42 Å². The van der Waals surface area contributed by atoms with Crippen LogP contribution in [0, 0.1) is 10.1 Å². The van der Waals surface area contributed by atoms with Crippen LogP contribution in [-0.4, -0.2) is 16.0 Å². The summed E-state index contributed by atoms with van der Waals surface area (Å²) in [6.45, 7) is 3.97. The Hall–Kier alpha value is -2.17. The second-order valence-corrected chi connectivity index (χ2v) is 4.08. The fraction of sp³-hybridized carbons (Fsp3) is 0.308. The molecular formula is C13H14N2O3. The van der Waals surface area contributed by atoms with Gasteiger partial charge in [0.2, 0.25) is 0 Å². The van der Waals surface area contributed by atoms with Crippen molar-refractivity contribution in [2.45, 2.75) is 26.4 Å². The molecule has 1 heterocycles. The van der Waals surface area contributed by atoms with E-state index in [0.29, 0.717) is 16.7 Å². The molecule has 18 heavy (non-hydrogen) atoms. The van der Waals surface area contributed by atoms with Crippen LogP contribution in [-0.2, 0) is 0 Å². The molecule has 0 radical (unpaired) electrons. The van der Waals surface area contributed by atoms with Crippen molar-refractivity contribution in [3.8, 4) is 5.75 Å². The molecule has 0 spiro atoms. The molecule has 0 aliphatic heterocycles. The molecule has 0 aliphatic carbocycles. The summed E-state index contributed by atoms with van der Waals surface area (Å²) in [5.41, 5.74) is 0.585. The number of ether oxygens (including phenoxy) is 1. The van der Waals surface area contributed by atoms with Crippen molar-refractivity contribution in [1.29, 1.82) is 0 Å². The quantitative estimate of drug-likeness (QED) is 0.613. The molecule has 2 rings (SSSR count). The average molecular weight is 246 g/mol. The zero-order valence-corrected chi connectivity index (χ0v) is 10.3. The first kappa shape index (κ1) is 12.3. The number of rotatable bonds is 4. The number of hydrogen-bond donors (Lipinski definition) is 0. The SMILES string of the molecule is CC[C@H](C)Oc1ccc([N+](=O)[O-])c2cccnc12. The van der Waals surface area contributed by atoms with Crippen molar-refractivity contribution in [3.63, 3.8) is 0 Å². The van der Waals surface area contributed by atoms with Gasteiger partial charge in [-0.15, -0.1) is 0 Å². The monoisotopic (exact) mass is 246 g/mol. The maximum atomic E-state index is 10.9. The number of nitro groups is 1. The van der Waals surface area contributed by atoms with Gasteiger partial charge >= 0.3 is 0 Å². The number of aromatic nitrogens is 1. The average Bonchev–Trinajstić information content (AvgIpc) is 2.38. The fourth-order valence-electron chi connectivity index (χ4n) is 1.69. The lowest BCUT2D eigenvalue weighted by atomic mass is 10.1.